The molecule has 0 aliphatic heterocycles. The van der Waals surface area contributed by atoms with Gasteiger partial charge in [-0.15, -0.1) is 10.2 Å². The van der Waals surface area contributed by atoms with E-state index in [-0.39, 0.29) is 12.5 Å². The second-order valence-corrected chi connectivity index (χ2v) is 3.27. The van der Waals surface area contributed by atoms with Gasteiger partial charge >= 0.3 is 0 Å². The zero-order valence-corrected chi connectivity index (χ0v) is 8.75. The third kappa shape index (κ3) is 3.18. The Labute approximate surface area is 87.1 Å². The lowest BCUT2D eigenvalue weighted by atomic mass is 10.5. The van der Waals surface area contributed by atoms with Gasteiger partial charge in [0.05, 0.1) is 6.54 Å². The summed E-state index contributed by atoms with van der Waals surface area (Å²) in [5, 5.41) is 10.5. The molecule has 0 aliphatic carbocycles. The molecular weight excluding hydrogens is 204 g/mol. The first-order chi connectivity index (χ1) is 6.59. The lowest BCUT2D eigenvalue weighted by molar-refractivity contribution is -0.126. The van der Waals surface area contributed by atoms with E-state index >= 15 is 0 Å². The summed E-state index contributed by atoms with van der Waals surface area (Å²) >= 11 is 5.55. The van der Waals surface area contributed by atoms with E-state index in [1.807, 2.05) is 0 Å². The quantitative estimate of drug-likeness (QED) is 0.802. The molecule has 14 heavy (non-hydrogen) atoms. The van der Waals surface area contributed by atoms with Gasteiger partial charge in [-0.2, -0.15) is 0 Å². The SMILES string of the molecule is CN(C)C(=O)CNc1ccc(Cl)nn1. The summed E-state index contributed by atoms with van der Waals surface area (Å²) in [6.07, 6.45) is 0. The average Bonchev–Trinajstić information content (AvgIpc) is 2.16. The zero-order valence-electron chi connectivity index (χ0n) is 7.99. The number of hydrogen-bond donors (Lipinski definition) is 1. The predicted octanol–water partition coefficient (Wildman–Crippen LogP) is 0.630. The van der Waals surface area contributed by atoms with Crippen molar-refractivity contribution in [1.29, 1.82) is 0 Å². The Morgan fingerprint density at radius 1 is 1.50 bits per heavy atom. The Morgan fingerprint density at radius 3 is 2.71 bits per heavy atom. The van der Waals surface area contributed by atoms with E-state index in [0.717, 1.165) is 0 Å². The van der Waals surface area contributed by atoms with Gasteiger partial charge in [0.15, 0.2) is 5.15 Å². The van der Waals surface area contributed by atoms with Crippen LogP contribution in [0, 0.1) is 0 Å². The molecule has 0 aromatic carbocycles. The summed E-state index contributed by atoms with van der Waals surface area (Å²) in [5.41, 5.74) is 0. The average molecular weight is 215 g/mol. The number of amides is 1. The smallest absolute Gasteiger partial charge is 0.241 e. The lowest BCUT2D eigenvalue weighted by Gasteiger charge is -2.10. The summed E-state index contributed by atoms with van der Waals surface area (Å²) < 4.78 is 0. The molecule has 0 radical (unpaired) electrons. The van der Waals surface area contributed by atoms with E-state index in [0.29, 0.717) is 11.0 Å². The maximum atomic E-state index is 11.2. The van der Waals surface area contributed by atoms with Crippen molar-refractivity contribution < 1.29 is 4.79 Å². The summed E-state index contributed by atoms with van der Waals surface area (Å²) in [6.45, 7) is 0.198. The van der Waals surface area contributed by atoms with Crippen molar-refractivity contribution in [3.63, 3.8) is 0 Å². The summed E-state index contributed by atoms with van der Waals surface area (Å²) in [6, 6.07) is 3.27. The van der Waals surface area contributed by atoms with Gasteiger partial charge in [0, 0.05) is 14.1 Å². The first kappa shape index (κ1) is 10.7. The number of carbonyl (C=O) groups is 1. The van der Waals surface area contributed by atoms with E-state index in [1.54, 1.807) is 26.2 Å². The topological polar surface area (TPSA) is 58.1 Å². The highest BCUT2D eigenvalue weighted by Crippen LogP contribution is 2.05. The second kappa shape index (κ2) is 4.76. The van der Waals surface area contributed by atoms with Gasteiger partial charge in [-0.1, -0.05) is 11.6 Å². The molecule has 0 aliphatic rings. The maximum absolute atomic E-state index is 11.2. The van der Waals surface area contributed by atoms with Crippen LogP contribution in [0.3, 0.4) is 0 Å². The lowest BCUT2D eigenvalue weighted by Crippen LogP contribution is -2.28. The predicted molar refractivity (Wildman–Crippen MR) is 54.2 cm³/mol. The van der Waals surface area contributed by atoms with Crippen molar-refractivity contribution in [2.75, 3.05) is 26.0 Å². The largest absolute Gasteiger partial charge is 0.360 e. The van der Waals surface area contributed by atoms with Crippen molar-refractivity contribution in [1.82, 2.24) is 15.1 Å². The summed E-state index contributed by atoms with van der Waals surface area (Å²) in [7, 11) is 3.38. The number of rotatable bonds is 3. The Kier molecular flexibility index (Phi) is 3.64. The number of likely N-dealkylation sites (N-methyl/N-ethyl adjacent to an activating group) is 1. The highest BCUT2D eigenvalue weighted by Gasteiger charge is 2.03. The molecular formula is C8H11ClN4O. The van der Waals surface area contributed by atoms with Crippen molar-refractivity contribution in [3.05, 3.63) is 17.3 Å². The molecule has 1 aromatic heterocycles. The van der Waals surface area contributed by atoms with Gasteiger partial charge in [-0.25, -0.2) is 0 Å². The van der Waals surface area contributed by atoms with Gasteiger partial charge in [-0.3, -0.25) is 4.79 Å². The van der Waals surface area contributed by atoms with Gasteiger partial charge < -0.3 is 10.2 Å². The minimum absolute atomic E-state index is 0.0262. The van der Waals surface area contributed by atoms with Gasteiger partial charge in [-0.05, 0) is 12.1 Å². The fraction of sp³-hybridized carbons (Fsp3) is 0.375. The molecule has 6 heteroatoms. The molecule has 0 atom stereocenters. The van der Waals surface area contributed by atoms with E-state index in [9.17, 15) is 4.79 Å². The number of nitrogens with one attached hydrogen (secondary N) is 1. The zero-order chi connectivity index (χ0) is 10.6. The number of carbonyl (C=O) groups excluding carboxylic acids is 1. The Balaban J connectivity index is 2.46. The summed E-state index contributed by atoms with van der Waals surface area (Å²) in [4.78, 5) is 12.7. The third-order valence-electron chi connectivity index (χ3n) is 1.55. The minimum Gasteiger partial charge on any atom is -0.360 e. The van der Waals surface area contributed by atoms with Gasteiger partial charge in [0.1, 0.15) is 5.82 Å². The Morgan fingerprint density at radius 2 is 2.21 bits per heavy atom. The van der Waals surface area contributed by atoms with Crippen molar-refractivity contribution >= 4 is 23.3 Å². The number of aromatic nitrogens is 2. The number of anilines is 1. The molecule has 1 aromatic rings. The molecule has 76 valence electrons. The normalized spacial score (nSPS) is 9.64. The molecule has 0 fully saturated rings. The third-order valence-corrected chi connectivity index (χ3v) is 1.75. The molecule has 1 amide bonds. The molecule has 5 nitrogen and oxygen atoms in total. The second-order valence-electron chi connectivity index (χ2n) is 2.88. The van der Waals surface area contributed by atoms with Crippen LogP contribution in [0.15, 0.2) is 12.1 Å². The van der Waals surface area contributed by atoms with E-state index < -0.39 is 0 Å². The van der Waals surface area contributed by atoms with E-state index in [1.165, 1.54) is 4.90 Å². The van der Waals surface area contributed by atoms with Gasteiger partial charge in [0.25, 0.3) is 0 Å². The maximum Gasteiger partial charge on any atom is 0.241 e. The molecule has 0 spiro atoms. The van der Waals surface area contributed by atoms with Crippen LogP contribution in [0.5, 0.6) is 0 Å². The first-order valence-electron chi connectivity index (χ1n) is 4.03. The minimum atomic E-state index is -0.0262. The van der Waals surface area contributed by atoms with Crippen LogP contribution in [-0.2, 0) is 4.79 Å². The standard InChI is InChI=1S/C8H11ClN4O/c1-13(2)8(14)5-10-7-4-3-6(9)11-12-7/h3-4H,5H2,1-2H3,(H,10,12). The summed E-state index contributed by atoms with van der Waals surface area (Å²) in [5.74, 6) is 0.506. The van der Waals surface area contributed by atoms with Crippen LogP contribution in [0.1, 0.15) is 0 Å². The Hall–Kier alpha value is -1.36. The number of nitrogens with zero attached hydrogens (tertiary/aromatic N) is 3. The molecule has 1 rings (SSSR count). The monoisotopic (exact) mass is 214 g/mol. The molecule has 0 saturated carbocycles. The molecule has 0 bridgehead atoms. The molecule has 0 saturated heterocycles. The van der Waals surface area contributed by atoms with Crippen LogP contribution in [0.2, 0.25) is 5.15 Å². The Bertz CT molecular complexity index is 312. The van der Waals surface area contributed by atoms with Crippen molar-refractivity contribution in [3.8, 4) is 0 Å². The van der Waals surface area contributed by atoms with Crippen molar-refractivity contribution in [2.24, 2.45) is 0 Å². The van der Waals surface area contributed by atoms with Crippen LogP contribution >= 0.6 is 11.6 Å². The number of halogens is 1. The van der Waals surface area contributed by atoms with Crippen LogP contribution in [0.4, 0.5) is 5.82 Å². The van der Waals surface area contributed by atoms with Crippen molar-refractivity contribution in [2.45, 2.75) is 0 Å². The fourth-order valence-corrected chi connectivity index (χ4v) is 0.835. The van der Waals surface area contributed by atoms with Crippen LogP contribution < -0.4 is 5.32 Å². The highest BCUT2D eigenvalue weighted by molar-refractivity contribution is 6.29. The van der Waals surface area contributed by atoms with E-state index in [4.69, 9.17) is 11.6 Å². The highest BCUT2D eigenvalue weighted by atomic mass is 35.5. The van der Waals surface area contributed by atoms with Crippen LogP contribution in [0.25, 0.3) is 0 Å². The van der Waals surface area contributed by atoms with E-state index in [2.05, 4.69) is 15.5 Å². The number of hydrogen-bond acceptors (Lipinski definition) is 4. The fourth-order valence-electron chi connectivity index (χ4n) is 0.735. The molecule has 1 heterocycles. The van der Waals surface area contributed by atoms with Gasteiger partial charge in [0.2, 0.25) is 5.91 Å². The van der Waals surface area contributed by atoms with Crippen LogP contribution in [-0.4, -0.2) is 41.6 Å². The molecule has 1 N–H and O–H groups in total. The molecule has 0 unspecified atom stereocenters. The first-order valence-corrected chi connectivity index (χ1v) is 4.40.